The molecule has 11 nitrogen and oxygen atoms in total. The second-order valence-electron chi connectivity index (χ2n) is 6.05. The third kappa shape index (κ3) is 5.50. The first-order valence-electron chi connectivity index (χ1n) is 9.01. The van der Waals surface area contributed by atoms with Crippen molar-refractivity contribution in [2.45, 2.75) is 13.8 Å². The summed E-state index contributed by atoms with van der Waals surface area (Å²) in [7, 11) is 0. The fourth-order valence-corrected chi connectivity index (χ4v) is 2.61. The summed E-state index contributed by atoms with van der Waals surface area (Å²) in [6.45, 7) is 4.49. The molecule has 0 atom stereocenters. The molecule has 0 saturated carbocycles. The number of carbonyl (C=O) groups is 2. The molecule has 0 aromatic heterocycles. The van der Waals surface area contributed by atoms with Crippen LogP contribution in [0.4, 0.5) is 17.1 Å². The van der Waals surface area contributed by atoms with Gasteiger partial charge in [0.25, 0.3) is 23.2 Å². The zero-order valence-corrected chi connectivity index (χ0v) is 16.4. The SMILES string of the molecule is CCN(CC)C(=O)c1ccc(OCC(=O)Nc2ccc([N+](=O)[O-])cc2[N+](=O)[O-])cc1. The first-order valence-corrected chi connectivity index (χ1v) is 9.01. The lowest BCUT2D eigenvalue weighted by Crippen LogP contribution is -2.30. The molecular formula is C19H20N4O7. The summed E-state index contributed by atoms with van der Waals surface area (Å²) in [5.74, 6) is -0.468. The summed E-state index contributed by atoms with van der Waals surface area (Å²) >= 11 is 0. The fourth-order valence-electron chi connectivity index (χ4n) is 2.61. The number of nitro benzene ring substituents is 2. The van der Waals surface area contributed by atoms with Crippen molar-refractivity contribution >= 4 is 28.9 Å². The molecule has 0 aliphatic carbocycles. The number of non-ortho nitro benzene ring substituents is 1. The maximum Gasteiger partial charge on any atom is 0.299 e. The molecule has 0 bridgehead atoms. The third-order valence-corrected chi connectivity index (χ3v) is 4.18. The van der Waals surface area contributed by atoms with Gasteiger partial charge in [-0.25, -0.2) is 0 Å². The molecule has 0 fully saturated rings. The van der Waals surface area contributed by atoms with Crippen LogP contribution in [0.2, 0.25) is 0 Å². The van der Waals surface area contributed by atoms with Crippen molar-refractivity contribution in [3.05, 3.63) is 68.3 Å². The fraction of sp³-hybridized carbons (Fsp3) is 0.263. The highest BCUT2D eigenvalue weighted by atomic mass is 16.6. The highest BCUT2D eigenvalue weighted by Gasteiger charge is 2.21. The molecule has 0 heterocycles. The zero-order chi connectivity index (χ0) is 22.3. The van der Waals surface area contributed by atoms with E-state index in [9.17, 15) is 29.8 Å². The van der Waals surface area contributed by atoms with Crippen LogP contribution in [-0.4, -0.2) is 46.3 Å². The van der Waals surface area contributed by atoms with Gasteiger partial charge in [0.05, 0.1) is 15.9 Å². The Morgan fingerprint density at radius 3 is 2.17 bits per heavy atom. The number of rotatable bonds is 9. The van der Waals surface area contributed by atoms with E-state index in [4.69, 9.17) is 4.74 Å². The van der Waals surface area contributed by atoms with E-state index in [0.717, 1.165) is 18.2 Å². The molecule has 11 heteroatoms. The van der Waals surface area contributed by atoms with Crippen LogP contribution in [0.25, 0.3) is 0 Å². The van der Waals surface area contributed by atoms with E-state index in [-0.39, 0.29) is 11.6 Å². The molecule has 0 spiro atoms. The minimum absolute atomic E-state index is 0.116. The molecule has 30 heavy (non-hydrogen) atoms. The van der Waals surface area contributed by atoms with Crippen LogP contribution in [0.5, 0.6) is 5.75 Å². The molecule has 0 aliphatic rings. The molecule has 1 N–H and O–H groups in total. The van der Waals surface area contributed by atoms with E-state index >= 15 is 0 Å². The summed E-state index contributed by atoms with van der Waals surface area (Å²) in [6, 6.07) is 9.14. The Bertz CT molecular complexity index is 956. The van der Waals surface area contributed by atoms with Gasteiger partial charge in [-0.05, 0) is 44.2 Å². The van der Waals surface area contributed by atoms with E-state index in [2.05, 4.69) is 5.32 Å². The quantitative estimate of drug-likeness (QED) is 0.488. The molecule has 2 rings (SSSR count). The smallest absolute Gasteiger partial charge is 0.299 e. The highest BCUT2D eigenvalue weighted by molar-refractivity contribution is 5.95. The van der Waals surface area contributed by atoms with Gasteiger partial charge in [0.2, 0.25) is 0 Å². The van der Waals surface area contributed by atoms with E-state index in [1.54, 1.807) is 29.2 Å². The zero-order valence-electron chi connectivity index (χ0n) is 16.4. The van der Waals surface area contributed by atoms with Gasteiger partial charge in [0.15, 0.2) is 6.61 Å². The molecule has 158 valence electrons. The number of nitrogens with zero attached hydrogens (tertiary/aromatic N) is 3. The van der Waals surface area contributed by atoms with E-state index in [1.165, 1.54) is 0 Å². The normalized spacial score (nSPS) is 10.2. The average molecular weight is 416 g/mol. The molecule has 0 saturated heterocycles. The Morgan fingerprint density at radius 1 is 1.00 bits per heavy atom. The summed E-state index contributed by atoms with van der Waals surface area (Å²) in [5, 5.41) is 24.2. The summed E-state index contributed by atoms with van der Waals surface area (Å²) in [4.78, 5) is 46.3. The molecule has 2 amide bonds. The number of hydrogen-bond acceptors (Lipinski definition) is 7. The number of nitrogens with one attached hydrogen (secondary N) is 1. The van der Waals surface area contributed by atoms with Crippen molar-refractivity contribution in [3.8, 4) is 5.75 Å². The second kappa shape index (κ2) is 9.96. The van der Waals surface area contributed by atoms with Gasteiger partial charge in [0.1, 0.15) is 11.4 Å². The largest absolute Gasteiger partial charge is 0.484 e. The van der Waals surface area contributed by atoms with Crippen LogP contribution in [0.15, 0.2) is 42.5 Å². The summed E-state index contributed by atoms with van der Waals surface area (Å²) in [6.07, 6.45) is 0. The van der Waals surface area contributed by atoms with Gasteiger partial charge in [-0.2, -0.15) is 0 Å². The van der Waals surface area contributed by atoms with Crippen molar-refractivity contribution in [1.29, 1.82) is 0 Å². The third-order valence-electron chi connectivity index (χ3n) is 4.18. The Labute approximate surface area is 171 Å². The van der Waals surface area contributed by atoms with E-state index < -0.39 is 33.7 Å². The highest BCUT2D eigenvalue weighted by Crippen LogP contribution is 2.28. The second-order valence-corrected chi connectivity index (χ2v) is 6.05. The van der Waals surface area contributed by atoms with Gasteiger partial charge in [-0.1, -0.05) is 0 Å². The van der Waals surface area contributed by atoms with Gasteiger partial charge >= 0.3 is 0 Å². The molecular weight excluding hydrogens is 396 g/mol. The minimum atomic E-state index is -0.824. The van der Waals surface area contributed by atoms with Crippen molar-refractivity contribution < 1.29 is 24.2 Å². The molecule has 0 unspecified atom stereocenters. The number of carbonyl (C=O) groups excluding carboxylic acids is 2. The number of nitro groups is 2. The van der Waals surface area contributed by atoms with Crippen molar-refractivity contribution in [1.82, 2.24) is 4.90 Å². The monoisotopic (exact) mass is 416 g/mol. The van der Waals surface area contributed by atoms with Gasteiger partial charge in [0, 0.05) is 24.7 Å². The lowest BCUT2D eigenvalue weighted by atomic mass is 10.2. The predicted molar refractivity (Wildman–Crippen MR) is 108 cm³/mol. The van der Waals surface area contributed by atoms with Crippen LogP contribution < -0.4 is 10.1 Å². The van der Waals surface area contributed by atoms with E-state index in [0.29, 0.717) is 24.4 Å². The molecule has 0 radical (unpaired) electrons. The van der Waals surface area contributed by atoms with Crippen molar-refractivity contribution in [2.24, 2.45) is 0 Å². The van der Waals surface area contributed by atoms with Gasteiger partial charge < -0.3 is 15.0 Å². The predicted octanol–water partition coefficient (Wildman–Crippen LogP) is 3.00. The number of hydrogen-bond donors (Lipinski definition) is 1. The van der Waals surface area contributed by atoms with Gasteiger partial charge in [-0.15, -0.1) is 0 Å². The molecule has 0 aliphatic heterocycles. The Morgan fingerprint density at radius 2 is 1.63 bits per heavy atom. The summed E-state index contributed by atoms with van der Waals surface area (Å²) in [5.41, 5.74) is -0.761. The maximum atomic E-state index is 12.3. The Hall–Kier alpha value is -4.02. The van der Waals surface area contributed by atoms with E-state index in [1.807, 2.05) is 13.8 Å². The molecule has 2 aromatic rings. The average Bonchev–Trinajstić information content (AvgIpc) is 2.73. The number of benzene rings is 2. The number of amides is 2. The van der Waals surface area contributed by atoms with Crippen molar-refractivity contribution in [3.63, 3.8) is 0 Å². The van der Waals surface area contributed by atoms with Crippen LogP contribution in [-0.2, 0) is 4.79 Å². The molecule has 2 aromatic carbocycles. The topological polar surface area (TPSA) is 145 Å². The van der Waals surface area contributed by atoms with Crippen LogP contribution >= 0.6 is 0 Å². The number of ether oxygens (including phenoxy) is 1. The Kier molecular flexibility index (Phi) is 7.39. The van der Waals surface area contributed by atoms with Crippen LogP contribution in [0, 0.1) is 20.2 Å². The summed E-state index contributed by atoms with van der Waals surface area (Å²) < 4.78 is 5.34. The van der Waals surface area contributed by atoms with Crippen molar-refractivity contribution in [2.75, 3.05) is 25.0 Å². The number of anilines is 1. The van der Waals surface area contributed by atoms with Crippen LogP contribution in [0.3, 0.4) is 0 Å². The Balaban J connectivity index is 2.00. The first kappa shape index (κ1) is 22.3. The van der Waals surface area contributed by atoms with Crippen LogP contribution in [0.1, 0.15) is 24.2 Å². The lowest BCUT2D eigenvalue weighted by Gasteiger charge is -2.18. The first-order chi connectivity index (χ1) is 14.3. The standard InChI is InChI=1S/C19H20N4O7/c1-3-21(4-2)19(25)13-5-8-15(9-6-13)30-12-18(24)20-16-10-7-14(22(26)27)11-17(16)23(28)29/h5-11H,3-4,12H2,1-2H3,(H,20,24). The van der Waals surface area contributed by atoms with Gasteiger partial charge in [-0.3, -0.25) is 29.8 Å². The lowest BCUT2D eigenvalue weighted by molar-refractivity contribution is -0.393. The minimum Gasteiger partial charge on any atom is -0.484 e. The maximum absolute atomic E-state index is 12.3.